The number of halogens is 1. The van der Waals surface area contributed by atoms with E-state index in [0.717, 1.165) is 24.6 Å². The smallest absolute Gasteiger partial charge is 0.0726 e. The number of rotatable bonds is 3. The maximum Gasteiger partial charge on any atom is 0.0726 e. The molecule has 1 aliphatic rings. The summed E-state index contributed by atoms with van der Waals surface area (Å²) in [6.45, 7) is 6.08. The van der Waals surface area contributed by atoms with Crippen LogP contribution in [0.5, 0.6) is 0 Å². The summed E-state index contributed by atoms with van der Waals surface area (Å²) in [7, 11) is 0. The Kier molecular flexibility index (Phi) is 3.36. The van der Waals surface area contributed by atoms with Gasteiger partial charge in [-0.05, 0) is 26.3 Å². The minimum Gasteiger partial charge on any atom is -0.377 e. The number of nitrogens with one attached hydrogen (secondary N) is 1. The lowest BCUT2D eigenvalue weighted by Crippen LogP contribution is -2.47. The van der Waals surface area contributed by atoms with Gasteiger partial charge in [-0.3, -0.25) is 0 Å². The van der Waals surface area contributed by atoms with Gasteiger partial charge < -0.3 is 10.1 Å². The van der Waals surface area contributed by atoms with Gasteiger partial charge in [0, 0.05) is 28.9 Å². The zero-order valence-electron chi connectivity index (χ0n) is 9.05. The van der Waals surface area contributed by atoms with E-state index in [2.05, 4.69) is 19.2 Å². The Hall–Kier alpha value is -0.0900. The summed E-state index contributed by atoms with van der Waals surface area (Å²) in [5.41, 5.74) is 0.108. The lowest BCUT2D eigenvalue weighted by molar-refractivity contribution is 0.0882. The molecule has 0 aromatic carbocycles. The summed E-state index contributed by atoms with van der Waals surface area (Å²) in [6, 6.07) is 2.02. The van der Waals surface area contributed by atoms with Gasteiger partial charge in [0.25, 0.3) is 0 Å². The fraction of sp³-hybridized carbons (Fsp3) is 0.636. The summed E-state index contributed by atoms with van der Waals surface area (Å²) in [6.07, 6.45) is 1.36. The van der Waals surface area contributed by atoms with Crippen LogP contribution in [0.15, 0.2) is 11.4 Å². The topological polar surface area (TPSA) is 21.3 Å². The molecule has 84 valence electrons. The van der Waals surface area contributed by atoms with Crippen LogP contribution in [0.4, 0.5) is 0 Å². The van der Waals surface area contributed by atoms with Crippen molar-refractivity contribution in [3.05, 3.63) is 21.3 Å². The zero-order valence-corrected chi connectivity index (χ0v) is 10.6. The third kappa shape index (κ3) is 2.53. The monoisotopic (exact) mass is 245 g/mol. The molecule has 1 aliphatic heterocycles. The lowest BCUT2D eigenvalue weighted by Gasteiger charge is -2.28. The molecule has 2 heterocycles. The van der Waals surface area contributed by atoms with Crippen molar-refractivity contribution in [3.8, 4) is 0 Å². The van der Waals surface area contributed by atoms with Crippen LogP contribution >= 0.6 is 22.9 Å². The lowest BCUT2D eigenvalue weighted by atomic mass is 9.95. The summed E-state index contributed by atoms with van der Waals surface area (Å²) in [5, 5.41) is 6.36. The molecule has 15 heavy (non-hydrogen) atoms. The molecule has 0 bridgehead atoms. The molecule has 1 aromatic heterocycles. The highest BCUT2D eigenvalue weighted by Crippen LogP contribution is 2.26. The van der Waals surface area contributed by atoms with Crippen LogP contribution in [0, 0.1) is 0 Å². The van der Waals surface area contributed by atoms with Crippen molar-refractivity contribution in [3.63, 3.8) is 0 Å². The van der Waals surface area contributed by atoms with Gasteiger partial charge in [0.15, 0.2) is 0 Å². The van der Waals surface area contributed by atoms with Crippen molar-refractivity contribution in [1.82, 2.24) is 5.32 Å². The Morgan fingerprint density at radius 2 is 2.53 bits per heavy atom. The van der Waals surface area contributed by atoms with Gasteiger partial charge in [0.1, 0.15) is 0 Å². The predicted octanol–water partition coefficient (Wildman–Crippen LogP) is 3.06. The summed E-state index contributed by atoms with van der Waals surface area (Å²) < 4.78 is 5.58. The highest BCUT2D eigenvalue weighted by molar-refractivity contribution is 7.10. The average molecular weight is 246 g/mol. The molecule has 0 spiro atoms. The van der Waals surface area contributed by atoms with Gasteiger partial charge in [0.05, 0.1) is 11.1 Å². The van der Waals surface area contributed by atoms with E-state index in [1.807, 2.05) is 11.4 Å². The summed E-state index contributed by atoms with van der Waals surface area (Å²) in [5.74, 6) is 0. The minimum absolute atomic E-state index is 0.108. The Bertz CT molecular complexity index is 341. The molecule has 0 aliphatic carbocycles. The van der Waals surface area contributed by atoms with Crippen LogP contribution in [0.1, 0.15) is 25.1 Å². The molecular weight excluding hydrogens is 230 g/mol. The Morgan fingerprint density at radius 3 is 3.07 bits per heavy atom. The first-order valence-electron chi connectivity index (χ1n) is 5.20. The van der Waals surface area contributed by atoms with E-state index in [4.69, 9.17) is 16.3 Å². The van der Waals surface area contributed by atoms with Crippen molar-refractivity contribution in [2.45, 2.75) is 38.5 Å². The van der Waals surface area contributed by atoms with Crippen molar-refractivity contribution >= 4 is 22.9 Å². The highest BCUT2D eigenvalue weighted by Gasteiger charge is 2.36. The van der Waals surface area contributed by atoms with Crippen molar-refractivity contribution in [1.29, 1.82) is 0 Å². The minimum atomic E-state index is 0.108. The number of thiophene rings is 1. The first kappa shape index (κ1) is 11.4. The first-order chi connectivity index (χ1) is 7.10. The van der Waals surface area contributed by atoms with Crippen LogP contribution in [-0.4, -0.2) is 18.2 Å². The molecule has 0 amide bonds. The number of hydrogen-bond acceptors (Lipinski definition) is 3. The Labute approximate surface area is 99.6 Å². The number of hydrogen-bond donors (Lipinski definition) is 1. The van der Waals surface area contributed by atoms with Crippen LogP contribution in [0.3, 0.4) is 0 Å². The maximum atomic E-state index is 5.88. The van der Waals surface area contributed by atoms with Gasteiger partial charge in [-0.2, -0.15) is 0 Å². The van der Waals surface area contributed by atoms with E-state index in [9.17, 15) is 0 Å². The van der Waals surface area contributed by atoms with E-state index in [0.29, 0.717) is 0 Å². The molecule has 0 saturated carbocycles. The van der Waals surface area contributed by atoms with Crippen molar-refractivity contribution in [2.24, 2.45) is 0 Å². The van der Waals surface area contributed by atoms with Crippen LogP contribution in [0.25, 0.3) is 0 Å². The van der Waals surface area contributed by atoms with Gasteiger partial charge in [-0.15, -0.1) is 11.3 Å². The first-order valence-corrected chi connectivity index (χ1v) is 6.45. The molecule has 4 heteroatoms. The molecule has 2 atom stereocenters. The van der Waals surface area contributed by atoms with E-state index in [-0.39, 0.29) is 11.6 Å². The molecule has 2 nitrogen and oxygen atoms in total. The second kappa shape index (κ2) is 4.42. The van der Waals surface area contributed by atoms with Crippen LogP contribution in [0.2, 0.25) is 5.02 Å². The average Bonchev–Trinajstić information content (AvgIpc) is 2.73. The largest absolute Gasteiger partial charge is 0.377 e. The molecular formula is C11H16ClNOS. The van der Waals surface area contributed by atoms with Gasteiger partial charge in [0.2, 0.25) is 0 Å². The van der Waals surface area contributed by atoms with E-state index >= 15 is 0 Å². The van der Waals surface area contributed by atoms with Crippen molar-refractivity contribution in [2.75, 3.05) is 6.61 Å². The van der Waals surface area contributed by atoms with E-state index in [1.165, 1.54) is 4.88 Å². The SMILES string of the molecule is CC1OCCC1(C)NCc1cc(Cl)cs1. The highest BCUT2D eigenvalue weighted by atomic mass is 35.5. The molecule has 2 rings (SSSR count). The number of ether oxygens (including phenoxy) is 1. The maximum absolute atomic E-state index is 5.88. The molecule has 2 unspecified atom stereocenters. The van der Waals surface area contributed by atoms with Crippen LogP contribution < -0.4 is 5.32 Å². The standard InChI is InChI=1S/C11H16ClNOS/c1-8-11(2,3-4-14-8)13-6-10-5-9(12)7-15-10/h5,7-8,13H,3-4,6H2,1-2H3. The quantitative estimate of drug-likeness (QED) is 0.884. The second-order valence-corrected chi connectivity index (χ2v) is 5.70. The predicted molar refractivity (Wildman–Crippen MR) is 64.6 cm³/mol. The third-order valence-corrected chi connectivity index (χ3v) is 4.46. The van der Waals surface area contributed by atoms with Crippen molar-refractivity contribution < 1.29 is 4.74 Å². The normalized spacial score (nSPS) is 31.0. The summed E-state index contributed by atoms with van der Waals surface area (Å²) >= 11 is 7.57. The fourth-order valence-electron chi connectivity index (χ4n) is 1.80. The molecule has 1 aromatic rings. The van der Waals surface area contributed by atoms with Gasteiger partial charge >= 0.3 is 0 Å². The molecule has 0 radical (unpaired) electrons. The Morgan fingerprint density at radius 1 is 1.73 bits per heavy atom. The molecule has 1 fully saturated rings. The van der Waals surface area contributed by atoms with E-state index in [1.54, 1.807) is 11.3 Å². The Balaban J connectivity index is 1.92. The van der Waals surface area contributed by atoms with Crippen LogP contribution in [-0.2, 0) is 11.3 Å². The van der Waals surface area contributed by atoms with Gasteiger partial charge in [-0.1, -0.05) is 11.6 Å². The third-order valence-electron chi connectivity index (χ3n) is 3.17. The molecule has 1 saturated heterocycles. The zero-order chi connectivity index (χ0) is 10.9. The second-order valence-electron chi connectivity index (χ2n) is 4.27. The fourth-order valence-corrected chi connectivity index (χ4v) is 2.82. The molecule has 1 N–H and O–H groups in total. The summed E-state index contributed by atoms with van der Waals surface area (Å²) in [4.78, 5) is 1.28. The van der Waals surface area contributed by atoms with Gasteiger partial charge in [-0.25, -0.2) is 0 Å². The van der Waals surface area contributed by atoms with E-state index < -0.39 is 0 Å².